The number of piperidine rings is 1. The van der Waals surface area contributed by atoms with Gasteiger partial charge in [0, 0.05) is 18.6 Å². The summed E-state index contributed by atoms with van der Waals surface area (Å²) in [4.78, 5) is 2.59. The van der Waals surface area contributed by atoms with Gasteiger partial charge in [-0.15, -0.1) is 0 Å². The molecule has 0 saturated carbocycles. The summed E-state index contributed by atoms with van der Waals surface area (Å²) in [6.45, 7) is 5.84. The average molecular weight is 322 g/mol. The smallest absolute Gasteiger partial charge is 0.0233 e. The lowest BCUT2D eigenvalue weighted by Gasteiger charge is -2.34. The average Bonchev–Trinajstić information content (AvgIpc) is 2.63. The van der Waals surface area contributed by atoms with Gasteiger partial charge in [0.1, 0.15) is 0 Å². The molecular weight excluding hydrogens is 292 g/mol. The second-order valence-corrected chi connectivity index (χ2v) is 7.13. The number of rotatable bonds is 7. The van der Waals surface area contributed by atoms with Gasteiger partial charge in [-0.2, -0.15) is 0 Å². The molecule has 2 aromatic rings. The Hall–Kier alpha value is -1.64. The van der Waals surface area contributed by atoms with Crippen molar-refractivity contribution < 1.29 is 0 Å². The fourth-order valence-electron chi connectivity index (χ4n) is 3.61. The Morgan fingerprint density at radius 1 is 0.917 bits per heavy atom. The summed E-state index contributed by atoms with van der Waals surface area (Å²) in [7, 11) is 0. The van der Waals surface area contributed by atoms with Gasteiger partial charge in [0.25, 0.3) is 0 Å². The highest BCUT2D eigenvalue weighted by molar-refractivity contribution is 5.15. The highest BCUT2D eigenvalue weighted by Gasteiger charge is 2.20. The normalized spacial score (nSPS) is 17.7. The molecule has 2 aromatic carbocycles. The Balaban J connectivity index is 1.36. The molecule has 1 aliphatic heterocycles. The molecule has 2 heteroatoms. The lowest BCUT2D eigenvalue weighted by atomic mass is 10.0. The predicted octanol–water partition coefficient (Wildman–Crippen LogP) is 4.26. The Labute approximate surface area is 146 Å². The van der Waals surface area contributed by atoms with Crippen molar-refractivity contribution in [1.29, 1.82) is 0 Å². The molecule has 0 spiro atoms. The molecule has 24 heavy (non-hydrogen) atoms. The van der Waals surface area contributed by atoms with Crippen LogP contribution in [0.2, 0.25) is 0 Å². The van der Waals surface area contributed by atoms with E-state index in [-0.39, 0.29) is 0 Å². The van der Waals surface area contributed by atoms with Crippen molar-refractivity contribution in [3.05, 3.63) is 71.8 Å². The number of nitrogens with zero attached hydrogens (tertiary/aromatic N) is 1. The molecule has 0 amide bonds. The predicted molar refractivity (Wildman–Crippen MR) is 102 cm³/mol. The van der Waals surface area contributed by atoms with E-state index in [1.165, 1.54) is 49.9 Å². The molecule has 3 rings (SSSR count). The lowest BCUT2D eigenvalue weighted by Crippen LogP contribution is -2.45. The van der Waals surface area contributed by atoms with Crippen LogP contribution in [0.5, 0.6) is 0 Å². The summed E-state index contributed by atoms with van der Waals surface area (Å²) >= 11 is 0. The van der Waals surface area contributed by atoms with Gasteiger partial charge in [0.2, 0.25) is 0 Å². The second kappa shape index (κ2) is 9.00. The van der Waals surface area contributed by atoms with Crippen molar-refractivity contribution in [2.45, 2.75) is 51.2 Å². The summed E-state index contributed by atoms with van der Waals surface area (Å²) in [6, 6.07) is 22.9. The molecule has 0 aromatic heterocycles. The quantitative estimate of drug-likeness (QED) is 0.819. The van der Waals surface area contributed by atoms with E-state index >= 15 is 0 Å². The molecule has 1 aliphatic rings. The Bertz CT molecular complexity index is 573. The molecule has 128 valence electrons. The summed E-state index contributed by atoms with van der Waals surface area (Å²) in [5.74, 6) is 0. The lowest BCUT2D eigenvalue weighted by molar-refractivity contribution is 0.184. The second-order valence-electron chi connectivity index (χ2n) is 7.13. The van der Waals surface area contributed by atoms with Gasteiger partial charge in [0.05, 0.1) is 0 Å². The zero-order valence-corrected chi connectivity index (χ0v) is 14.8. The van der Waals surface area contributed by atoms with Crippen LogP contribution in [-0.2, 0) is 13.0 Å². The van der Waals surface area contributed by atoms with Gasteiger partial charge in [0.15, 0.2) is 0 Å². The molecule has 1 heterocycles. The molecule has 1 saturated heterocycles. The van der Waals surface area contributed by atoms with Crippen LogP contribution in [-0.4, -0.2) is 30.1 Å². The minimum atomic E-state index is 0.593. The zero-order chi connectivity index (χ0) is 16.6. The number of likely N-dealkylation sites (tertiary alicyclic amines) is 1. The van der Waals surface area contributed by atoms with Crippen molar-refractivity contribution >= 4 is 0 Å². The zero-order valence-electron chi connectivity index (χ0n) is 14.8. The molecule has 0 bridgehead atoms. The first kappa shape index (κ1) is 17.2. The third-order valence-corrected chi connectivity index (χ3v) is 5.07. The summed E-state index contributed by atoms with van der Waals surface area (Å²) in [6.07, 6.45) is 4.92. The summed E-state index contributed by atoms with van der Waals surface area (Å²) < 4.78 is 0. The molecule has 0 unspecified atom stereocenters. The number of hydrogen-bond acceptors (Lipinski definition) is 2. The molecular formula is C22H30N2. The monoisotopic (exact) mass is 322 g/mol. The van der Waals surface area contributed by atoms with Crippen LogP contribution in [0.15, 0.2) is 60.7 Å². The molecule has 1 atom stereocenters. The van der Waals surface area contributed by atoms with Gasteiger partial charge in [-0.3, -0.25) is 4.90 Å². The molecule has 1 N–H and O–H groups in total. The molecule has 1 fully saturated rings. The van der Waals surface area contributed by atoms with E-state index in [9.17, 15) is 0 Å². The molecule has 2 nitrogen and oxygen atoms in total. The van der Waals surface area contributed by atoms with Crippen LogP contribution in [0.1, 0.15) is 37.3 Å². The van der Waals surface area contributed by atoms with Crippen LogP contribution in [0.25, 0.3) is 0 Å². The number of nitrogens with one attached hydrogen (secondary N) is 1. The molecule has 0 radical (unpaired) electrons. The van der Waals surface area contributed by atoms with E-state index in [1.807, 2.05) is 0 Å². The van der Waals surface area contributed by atoms with Gasteiger partial charge in [-0.25, -0.2) is 0 Å². The van der Waals surface area contributed by atoms with Gasteiger partial charge >= 0.3 is 0 Å². The van der Waals surface area contributed by atoms with Crippen LogP contribution in [0, 0.1) is 0 Å². The van der Waals surface area contributed by atoms with Crippen molar-refractivity contribution in [1.82, 2.24) is 10.2 Å². The third kappa shape index (κ3) is 5.47. The van der Waals surface area contributed by atoms with E-state index < -0.39 is 0 Å². The Morgan fingerprint density at radius 3 is 2.12 bits per heavy atom. The topological polar surface area (TPSA) is 15.3 Å². The van der Waals surface area contributed by atoms with E-state index in [0.29, 0.717) is 12.1 Å². The van der Waals surface area contributed by atoms with Crippen LogP contribution in [0.4, 0.5) is 0 Å². The van der Waals surface area contributed by atoms with Crippen LogP contribution < -0.4 is 5.32 Å². The fraction of sp³-hybridized carbons (Fsp3) is 0.455. The van der Waals surface area contributed by atoms with Crippen molar-refractivity contribution in [3.63, 3.8) is 0 Å². The summed E-state index contributed by atoms with van der Waals surface area (Å²) in [5, 5.41) is 3.85. The maximum absolute atomic E-state index is 3.85. The van der Waals surface area contributed by atoms with E-state index in [0.717, 1.165) is 6.54 Å². The molecule has 0 aliphatic carbocycles. The number of aryl methyl sites for hydroxylation is 1. The first-order chi connectivity index (χ1) is 11.8. The largest absolute Gasteiger partial charge is 0.311 e. The minimum absolute atomic E-state index is 0.593. The Morgan fingerprint density at radius 2 is 1.50 bits per heavy atom. The van der Waals surface area contributed by atoms with Crippen LogP contribution >= 0.6 is 0 Å². The first-order valence-corrected chi connectivity index (χ1v) is 9.36. The number of benzene rings is 2. The van der Waals surface area contributed by atoms with E-state index in [4.69, 9.17) is 0 Å². The first-order valence-electron chi connectivity index (χ1n) is 9.36. The highest BCUT2D eigenvalue weighted by Crippen LogP contribution is 2.15. The highest BCUT2D eigenvalue weighted by atomic mass is 15.1. The van der Waals surface area contributed by atoms with E-state index in [1.54, 1.807) is 0 Å². The van der Waals surface area contributed by atoms with E-state index in [2.05, 4.69) is 77.8 Å². The SMILES string of the molecule is C[C@@H](CCc1ccccc1)NC1CCN(Cc2ccccc2)CC1. The van der Waals surface area contributed by atoms with Gasteiger partial charge in [-0.1, -0.05) is 60.7 Å². The number of hydrogen-bond donors (Lipinski definition) is 1. The standard InChI is InChI=1S/C22H30N2/c1-19(12-13-20-8-4-2-5-9-20)23-22-14-16-24(17-15-22)18-21-10-6-3-7-11-21/h2-11,19,22-23H,12-18H2,1H3/t19-/m0/s1. The maximum atomic E-state index is 3.85. The van der Waals surface area contributed by atoms with Crippen molar-refractivity contribution in [3.8, 4) is 0 Å². The third-order valence-electron chi connectivity index (χ3n) is 5.07. The fourth-order valence-corrected chi connectivity index (χ4v) is 3.61. The Kier molecular flexibility index (Phi) is 6.45. The van der Waals surface area contributed by atoms with Crippen LogP contribution in [0.3, 0.4) is 0 Å². The minimum Gasteiger partial charge on any atom is -0.311 e. The van der Waals surface area contributed by atoms with Crippen molar-refractivity contribution in [2.24, 2.45) is 0 Å². The van der Waals surface area contributed by atoms with Gasteiger partial charge < -0.3 is 5.32 Å². The summed E-state index contributed by atoms with van der Waals surface area (Å²) in [5.41, 5.74) is 2.88. The van der Waals surface area contributed by atoms with Gasteiger partial charge in [-0.05, 0) is 56.8 Å². The van der Waals surface area contributed by atoms with Crippen molar-refractivity contribution in [2.75, 3.05) is 13.1 Å². The maximum Gasteiger partial charge on any atom is 0.0233 e.